The third kappa shape index (κ3) is 2.60. The van der Waals surface area contributed by atoms with E-state index in [9.17, 15) is 20.1 Å². The van der Waals surface area contributed by atoms with E-state index in [1.807, 2.05) is 0 Å². The normalized spacial score (nSPS) is 12.4. The van der Waals surface area contributed by atoms with Gasteiger partial charge in [-0.15, -0.1) is 0 Å². The Hall–Kier alpha value is -3.45. The van der Waals surface area contributed by atoms with Gasteiger partial charge in [0.15, 0.2) is 11.5 Å². The summed E-state index contributed by atoms with van der Waals surface area (Å²) < 4.78 is 16.0. The molecule has 7 nitrogen and oxygen atoms in total. The maximum atomic E-state index is 12.0. The van der Waals surface area contributed by atoms with Gasteiger partial charge in [-0.25, -0.2) is 4.79 Å². The number of aromatic carboxylic acids is 1. The lowest BCUT2D eigenvalue weighted by molar-refractivity contribution is 0.0693. The summed E-state index contributed by atoms with van der Waals surface area (Å²) in [7, 11) is 1.52. The molecule has 0 spiro atoms. The van der Waals surface area contributed by atoms with E-state index in [0.29, 0.717) is 39.1 Å². The topological polar surface area (TPSA) is 105 Å². The zero-order chi connectivity index (χ0) is 19.1. The zero-order valence-electron chi connectivity index (χ0n) is 14.4. The van der Waals surface area contributed by atoms with E-state index in [-0.39, 0.29) is 23.7 Å². The number of hydrogen-bond donors (Lipinski definition) is 3. The Bertz CT molecular complexity index is 1070. The van der Waals surface area contributed by atoms with Crippen molar-refractivity contribution in [3.05, 3.63) is 47.5 Å². The number of methoxy groups -OCH3 is 1. The third-order valence-corrected chi connectivity index (χ3v) is 4.61. The SMILES string of the molecule is COc1cccc(-c2c(C(=O)O)c(CO)c(O)c3cc4c(cc23)OCO4)c1. The lowest BCUT2D eigenvalue weighted by Gasteiger charge is -2.17. The van der Waals surface area contributed by atoms with Crippen LogP contribution in [0, 0.1) is 0 Å². The zero-order valence-corrected chi connectivity index (χ0v) is 14.4. The molecule has 3 N–H and O–H groups in total. The van der Waals surface area contributed by atoms with Gasteiger partial charge in [0.05, 0.1) is 19.3 Å². The molecule has 1 heterocycles. The fraction of sp³-hybridized carbons (Fsp3) is 0.150. The van der Waals surface area contributed by atoms with Crippen LogP contribution < -0.4 is 14.2 Å². The van der Waals surface area contributed by atoms with Crippen molar-refractivity contribution in [1.82, 2.24) is 0 Å². The van der Waals surface area contributed by atoms with Gasteiger partial charge in [0, 0.05) is 16.5 Å². The summed E-state index contributed by atoms with van der Waals surface area (Å²) in [5.74, 6) is -0.0987. The molecule has 0 amide bonds. The lowest BCUT2D eigenvalue weighted by atomic mass is 9.88. The Kier molecular flexibility index (Phi) is 4.01. The first-order valence-electron chi connectivity index (χ1n) is 8.15. The van der Waals surface area contributed by atoms with Gasteiger partial charge < -0.3 is 29.5 Å². The first kappa shape index (κ1) is 17.0. The van der Waals surface area contributed by atoms with Crippen molar-refractivity contribution in [2.24, 2.45) is 0 Å². The smallest absolute Gasteiger partial charge is 0.336 e. The van der Waals surface area contributed by atoms with Crippen molar-refractivity contribution in [2.75, 3.05) is 13.9 Å². The van der Waals surface area contributed by atoms with Crippen LogP contribution in [-0.4, -0.2) is 35.2 Å². The molecule has 7 heteroatoms. The number of rotatable bonds is 4. The van der Waals surface area contributed by atoms with E-state index < -0.39 is 12.6 Å². The Morgan fingerprint density at radius 3 is 2.48 bits per heavy atom. The van der Waals surface area contributed by atoms with Gasteiger partial charge in [0.1, 0.15) is 11.5 Å². The van der Waals surface area contributed by atoms with Crippen LogP contribution >= 0.6 is 0 Å². The van der Waals surface area contributed by atoms with E-state index in [2.05, 4.69) is 0 Å². The Morgan fingerprint density at radius 1 is 1.15 bits per heavy atom. The van der Waals surface area contributed by atoms with E-state index in [1.54, 1.807) is 36.4 Å². The number of aliphatic hydroxyl groups is 1. The molecule has 0 radical (unpaired) electrons. The number of aliphatic hydroxyl groups excluding tert-OH is 1. The second kappa shape index (κ2) is 6.37. The van der Waals surface area contributed by atoms with Crippen molar-refractivity contribution >= 4 is 16.7 Å². The fourth-order valence-electron chi connectivity index (χ4n) is 3.38. The van der Waals surface area contributed by atoms with Gasteiger partial charge in [-0.05, 0) is 35.2 Å². The molecular formula is C20H16O7. The predicted molar refractivity (Wildman–Crippen MR) is 96.6 cm³/mol. The summed E-state index contributed by atoms with van der Waals surface area (Å²) in [5, 5.41) is 31.1. The Morgan fingerprint density at radius 2 is 1.85 bits per heavy atom. The molecule has 0 unspecified atom stereocenters. The van der Waals surface area contributed by atoms with Crippen LogP contribution in [0.4, 0.5) is 0 Å². The standard InChI is InChI=1S/C20H16O7/c1-25-11-4-2-3-10(5-11)17-12-6-15-16(27-9-26-15)7-13(12)19(22)14(8-21)18(17)20(23)24/h2-7,21-22H,8-9H2,1H3,(H,23,24). The van der Waals surface area contributed by atoms with E-state index in [4.69, 9.17) is 14.2 Å². The molecular weight excluding hydrogens is 352 g/mol. The van der Waals surface area contributed by atoms with Crippen LogP contribution in [-0.2, 0) is 6.61 Å². The van der Waals surface area contributed by atoms with Crippen LogP contribution in [0.5, 0.6) is 23.0 Å². The molecule has 1 aliphatic heterocycles. The van der Waals surface area contributed by atoms with Gasteiger partial charge in [-0.3, -0.25) is 0 Å². The number of ether oxygens (including phenoxy) is 3. The van der Waals surface area contributed by atoms with Gasteiger partial charge in [-0.2, -0.15) is 0 Å². The monoisotopic (exact) mass is 368 g/mol. The molecule has 1 aliphatic rings. The average Bonchev–Trinajstić information content (AvgIpc) is 3.14. The first-order valence-corrected chi connectivity index (χ1v) is 8.15. The summed E-state index contributed by atoms with van der Waals surface area (Å²) in [5.41, 5.74) is 0.697. The van der Waals surface area contributed by atoms with Crippen molar-refractivity contribution in [2.45, 2.75) is 6.61 Å². The lowest BCUT2D eigenvalue weighted by Crippen LogP contribution is -2.07. The van der Waals surface area contributed by atoms with Crippen LogP contribution in [0.1, 0.15) is 15.9 Å². The highest BCUT2D eigenvalue weighted by Crippen LogP contribution is 2.46. The molecule has 27 heavy (non-hydrogen) atoms. The number of aromatic hydroxyl groups is 1. The van der Waals surface area contributed by atoms with Crippen LogP contribution in [0.2, 0.25) is 0 Å². The van der Waals surface area contributed by atoms with Crippen molar-refractivity contribution in [1.29, 1.82) is 0 Å². The second-order valence-corrected chi connectivity index (χ2v) is 6.02. The summed E-state index contributed by atoms with van der Waals surface area (Å²) >= 11 is 0. The van der Waals surface area contributed by atoms with E-state index in [0.717, 1.165) is 0 Å². The Balaban J connectivity index is 2.18. The molecule has 0 fully saturated rings. The average molecular weight is 368 g/mol. The third-order valence-electron chi connectivity index (χ3n) is 4.61. The molecule has 0 aromatic heterocycles. The summed E-state index contributed by atoms with van der Waals surface area (Å²) in [6.45, 7) is -0.589. The summed E-state index contributed by atoms with van der Waals surface area (Å²) in [6.07, 6.45) is 0. The van der Waals surface area contributed by atoms with E-state index >= 15 is 0 Å². The largest absolute Gasteiger partial charge is 0.507 e. The van der Waals surface area contributed by atoms with E-state index in [1.165, 1.54) is 7.11 Å². The number of phenols is 1. The minimum atomic E-state index is -1.26. The molecule has 4 rings (SSSR count). The maximum Gasteiger partial charge on any atom is 0.336 e. The molecule has 0 saturated carbocycles. The maximum absolute atomic E-state index is 12.0. The quantitative estimate of drug-likeness (QED) is 0.650. The molecule has 0 atom stereocenters. The number of hydrogen-bond acceptors (Lipinski definition) is 6. The van der Waals surface area contributed by atoms with Crippen LogP contribution in [0.15, 0.2) is 36.4 Å². The van der Waals surface area contributed by atoms with Gasteiger partial charge in [0.2, 0.25) is 6.79 Å². The number of fused-ring (bicyclic) bond motifs is 2. The minimum Gasteiger partial charge on any atom is -0.507 e. The highest BCUT2D eigenvalue weighted by Gasteiger charge is 2.27. The fourth-order valence-corrected chi connectivity index (χ4v) is 3.38. The first-order chi connectivity index (χ1) is 13.0. The summed E-state index contributed by atoms with van der Waals surface area (Å²) in [6, 6.07) is 10.1. The highest BCUT2D eigenvalue weighted by molar-refractivity contribution is 6.12. The number of carbonyl (C=O) groups is 1. The number of benzene rings is 3. The van der Waals surface area contributed by atoms with Gasteiger partial charge in [0.25, 0.3) is 0 Å². The highest BCUT2D eigenvalue weighted by atomic mass is 16.7. The molecule has 0 aliphatic carbocycles. The molecule has 0 saturated heterocycles. The van der Waals surface area contributed by atoms with Crippen LogP contribution in [0.3, 0.4) is 0 Å². The summed E-state index contributed by atoms with van der Waals surface area (Å²) in [4.78, 5) is 12.0. The van der Waals surface area contributed by atoms with Crippen LogP contribution in [0.25, 0.3) is 21.9 Å². The predicted octanol–water partition coefficient (Wildman–Crippen LogP) is 3.14. The number of carboxylic acids is 1. The molecule has 3 aromatic rings. The minimum absolute atomic E-state index is 0.0412. The van der Waals surface area contributed by atoms with Crippen molar-refractivity contribution < 1.29 is 34.3 Å². The molecule has 3 aromatic carbocycles. The Labute approximate surface area is 154 Å². The number of carboxylic acid groups (broad SMARTS) is 1. The molecule has 0 bridgehead atoms. The van der Waals surface area contributed by atoms with Gasteiger partial charge in [-0.1, -0.05) is 12.1 Å². The molecule has 138 valence electrons. The second-order valence-electron chi connectivity index (χ2n) is 6.02. The van der Waals surface area contributed by atoms with Crippen molar-refractivity contribution in [3.8, 4) is 34.1 Å². The van der Waals surface area contributed by atoms with Gasteiger partial charge >= 0.3 is 5.97 Å². The van der Waals surface area contributed by atoms with Crippen molar-refractivity contribution in [3.63, 3.8) is 0 Å².